The molecule has 2 fully saturated rings. The van der Waals surface area contributed by atoms with Gasteiger partial charge >= 0.3 is 6.03 Å². The lowest BCUT2D eigenvalue weighted by Gasteiger charge is -2.36. The van der Waals surface area contributed by atoms with Gasteiger partial charge in [-0.3, -0.25) is 14.9 Å². The predicted octanol–water partition coefficient (Wildman–Crippen LogP) is 1.43. The number of rotatable bonds is 3. The topological polar surface area (TPSA) is 69.7 Å². The van der Waals surface area contributed by atoms with Crippen molar-refractivity contribution in [3.05, 3.63) is 35.6 Å². The lowest BCUT2D eigenvalue weighted by atomic mass is 9.95. The van der Waals surface area contributed by atoms with Crippen LogP contribution >= 0.6 is 0 Å². The number of carbonyl (C=O) groups excluding carboxylic acids is 3. The molecule has 6 nitrogen and oxygen atoms in total. The first-order valence-electron chi connectivity index (χ1n) is 7.68. The van der Waals surface area contributed by atoms with E-state index < -0.39 is 11.9 Å². The molecule has 3 rings (SSSR count). The van der Waals surface area contributed by atoms with Crippen LogP contribution in [0.2, 0.25) is 0 Å². The molecule has 0 bridgehead atoms. The fraction of sp³-hybridized carbons (Fsp3) is 0.438. The highest BCUT2D eigenvalue weighted by Crippen LogP contribution is 2.31. The Kier molecular flexibility index (Phi) is 4.27. The van der Waals surface area contributed by atoms with E-state index in [4.69, 9.17) is 0 Å². The molecule has 0 radical (unpaired) electrons. The van der Waals surface area contributed by atoms with E-state index in [0.29, 0.717) is 6.54 Å². The zero-order valence-corrected chi connectivity index (χ0v) is 12.6. The Labute approximate surface area is 133 Å². The van der Waals surface area contributed by atoms with Crippen LogP contribution in [-0.4, -0.2) is 47.3 Å². The molecule has 1 N–H and O–H groups in total. The van der Waals surface area contributed by atoms with Crippen LogP contribution in [0.15, 0.2) is 24.3 Å². The molecule has 23 heavy (non-hydrogen) atoms. The maximum Gasteiger partial charge on any atom is 0.325 e. The molecule has 0 saturated carbocycles. The van der Waals surface area contributed by atoms with Crippen molar-refractivity contribution in [1.29, 1.82) is 0 Å². The summed E-state index contributed by atoms with van der Waals surface area (Å²) in [7, 11) is 0. The molecule has 4 amide bonds. The largest absolute Gasteiger partial charge is 0.334 e. The molecule has 2 heterocycles. The van der Waals surface area contributed by atoms with Crippen molar-refractivity contribution in [3.8, 4) is 0 Å². The number of hydrogen-bond acceptors (Lipinski definition) is 3. The number of piperidine rings is 1. The second-order valence-corrected chi connectivity index (χ2v) is 5.86. The Balaban J connectivity index is 1.73. The number of halogens is 1. The first kappa shape index (κ1) is 15.5. The van der Waals surface area contributed by atoms with E-state index in [9.17, 15) is 18.8 Å². The molecule has 1 aromatic rings. The van der Waals surface area contributed by atoms with Crippen molar-refractivity contribution in [2.45, 2.75) is 25.3 Å². The molecule has 1 aromatic carbocycles. The molecule has 0 aromatic heterocycles. The van der Waals surface area contributed by atoms with Gasteiger partial charge in [0, 0.05) is 6.54 Å². The van der Waals surface area contributed by atoms with Gasteiger partial charge < -0.3 is 9.80 Å². The van der Waals surface area contributed by atoms with Gasteiger partial charge in [-0.15, -0.1) is 0 Å². The highest BCUT2D eigenvalue weighted by molar-refractivity contribution is 6.03. The predicted molar refractivity (Wildman–Crippen MR) is 79.8 cm³/mol. The SMILES string of the molecule is O=C1CN(CC(=O)N2CCCC[C@H]2c2ccc(F)cc2)C(=O)N1. The van der Waals surface area contributed by atoms with Gasteiger partial charge in [-0.2, -0.15) is 0 Å². The summed E-state index contributed by atoms with van der Waals surface area (Å²) >= 11 is 0. The van der Waals surface area contributed by atoms with E-state index in [0.717, 1.165) is 24.8 Å². The molecule has 2 aliphatic rings. The second-order valence-electron chi connectivity index (χ2n) is 5.86. The lowest BCUT2D eigenvalue weighted by molar-refractivity contribution is -0.135. The van der Waals surface area contributed by atoms with Gasteiger partial charge in [-0.1, -0.05) is 12.1 Å². The maximum atomic E-state index is 13.1. The van der Waals surface area contributed by atoms with Crippen LogP contribution in [0.5, 0.6) is 0 Å². The molecule has 0 unspecified atom stereocenters. The summed E-state index contributed by atoms with van der Waals surface area (Å²) in [6.45, 7) is 0.402. The minimum absolute atomic E-state index is 0.0837. The van der Waals surface area contributed by atoms with Crippen LogP contribution < -0.4 is 5.32 Å². The lowest BCUT2D eigenvalue weighted by Crippen LogP contribution is -2.45. The fourth-order valence-electron chi connectivity index (χ4n) is 3.13. The number of urea groups is 1. The quantitative estimate of drug-likeness (QED) is 0.857. The number of nitrogens with one attached hydrogen (secondary N) is 1. The van der Waals surface area contributed by atoms with Gasteiger partial charge in [0.15, 0.2) is 0 Å². The van der Waals surface area contributed by atoms with Gasteiger partial charge in [-0.25, -0.2) is 9.18 Å². The molecule has 122 valence electrons. The minimum atomic E-state index is -0.529. The first-order chi connectivity index (χ1) is 11.0. The normalized spacial score (nSPS) is 21.5. The Morgan fingerprint density at radius 3 is 2.61 bits per heavy atom. The van der Waals surface area contributed by atoms with Crippen molar-refractivity contribution in [2.75, 3.05) is 19.6 Å². The fourth-order valence-corrected chi connectivity index (χ4v) is 3.13. The Morgan fingerprint density at radius 1 is 1.22 bits per heavy atom. The van der Waals surface area contributed by atoms with Gasteiger partial charge in [0.2, 0.25) is 11.8 Å². The Morgan fingerprint density at radius 2 is 1.96 bits per heavy atom. The number of hydrogen-bond donors (Lipinski definition) is 1. The highest BCUT2D eigenvalue weighted by Gasteiger charge is 2.33. The summed E-state index contributed by atoms with van der Waals surface area (Å²) in [5, 5.41) is 2.16. The molecular formula is C16H18FN3O3. The summed E-state index contributed by atoms with van der Waals surface area (Å²) < 4.78 is 13.1. The summed E-state index contributed by atoms with van der Waals surface area (Å²) in [6, 6.07) is 5.52. The van der Waals surface area contributed by atoms with E-state index in [1.165, 1.54) is 17.0 Å². The van der Waals surface area contributed by atoms with Crippen LogP contribution in [0, 0.1) is 5.82 Å². The van der Waals surface area contributed by atoms with Crippen molar-refractivity contribution < 1.29 is 18.8 Å². The van der Waals surface area contributed by atoms with Crippen LogP contribution in [0.3, 0.4) is 0 Å². The first-order valence-corrected chi connectivity index (χ1v) is 7.68. The van der Waals surface area contributed by atoms with E-state index in [-0.39, 0.29) is 30.9 Å². The highest BCUT2D eigenvalue weighted by atomic mass is 19.1. The van der Waals surface area contributed by atoms with Gasteiger partial charge in [0.25, 0.3) is 0 Å². The van der Waals surface area contributed by atoms with Crippen LogP contribution in [0.1, 0.15) is 30.9 Å². The Bertz CT molecular complexity index is 632. The number of nitrogens with zero attached hydrogens (tertiary/aromatic N) is 2. The molecule has 2 saturated heterocycles. The van der Waals surface area contributed by atoms with Crippen molar-refractivity contribution >= 4 is 17.8 Å². The van der Waals surface area contributed by atoms with Gasteiger partial charge in [-0.05, 0) is 37.0 Å². The van der Waals surface area contributed by atoms with E-state index >= 15 is 0 Å². The summed E-state index contributed by atoms with van der Waals surface area (Å²) in [6.07, 6.45) is 2.70. The third-order valence-corrected chi connectivity index (χ3v) is 4.27. The zero-order chi connectivity index (χ0) is 16.4. The van der Waals surface area contributed by atoms with Gasteiger partial charge in [0.1, 0.15) is 18.9 Å². The van der Waals surface area contributed by atoms with Crippen LogP contribution in [0.25, 0.3) is 0 Å². The number of imide groups is 1. The number of carbonyl (C=O) groups is 3. The second kappa shape index (κ2) is 6.36. The Hall–Kier alpha value is -2.44. The number of likely N-dealkylation sites (tertiary alicyclic amines) is 1. The third kappa shape index (κ3) is 3.33. The molecule has 2 aliphatic heterocycles. The standard InChI is InChI=1S/C16H18FN3O3/c17-12-6-4-11(5-7-12)13-3-1-2-8-20(13)15(22)10-19-9-14(21)18-16(19)23/h4-7,13H,1-3,8-10H2,(H,18,21,23)/t13-/m0/s1. The third-order valence-electron chi connectivity index (χ3n) is 4.27. The summed E-state index contributed by atoms with van der Waals surface area (Å²) in [5.41, 5.74) is 0.890. The number of benzene rings is 1. The van der Waals surface area contributed by atoms with Crippen LogP contribution in [0.4, 0.5) is 9.18 Å². The summed E-state index contributed by atoms with van der Waals surface area (Å²) in [5.74, 6) is -0.893. The number of amides is 4. The molecule has 0 aliphatic carbocycles. The van der Waals surface area contributed by atoms with Crippen molar-refractivity contribution in [2.24, 2.45) is 0 Å². The van der Waals surface area contributed by atoms with E-state index in [2.05, 4.69) is 5.32 Å². The van der Waals surface area contributed by atoms with Gasteiger partial charge in [0.05, 0.1) is 6.04 Å². The smallest absolute Gasteiger partial charge is 0.325 e. The summed E-state index contributed by atoms with van der Waals surface area (Å²) in [4.78, 5) is 38.3. The van der Waals surface area contributed by atoms with Crippen molar-refractivity contribution in [1.82, 2.24) is 15.1 Å². The minimum Gasteiger partial charge on any atom is -0.334 e. The molecule has 1 atom stereocenters. The average molecular weight is 319 g/mol. The maximum absolute atomic E-state index is 13.1. The van der Waals surface area contributed by atoms with E-state index in [1.54, 1.807) is 17.0 Å². The van der Waals surface area contributed by atoms with E-state index in [1.807, 2.05) is 0 Å². The molecule has 0 spiro atoms. The molecular weight excluding hydrogens is 301 g/mol. The monoisotopic (exact) mass is 319 g/mol. The average Bonchev–Trinajstić information content (AvgIpc) is 2.85. The van der Waals surface area contributed by atoms with Crippen molar-refractivity contribution in [3.63, 3.8) is 0 Å². The molecule has 7 heteroatoms. The zero-order valence-electron chi connectivity index (χ0n) is 12.6. The van der Waals surface area contributed by atoms with Crippen LogP contribution in [-0.2, 0) is 9.59 Å².